The number of ketones is 1. The Balaban J connectivity index is 2.63. The van der Waals surface area contributed by atoms with E-state index in [9.17, 15) is 4.79 Å². The van der Waals surface area contributed by atoms with Gasteiger partial charge in [0.1, 0.15) is 0 Å². The van der Waals surface area contributed by atoms with Gasteiger partial charge in [0.05, 0.1) is 4.88 Å². The molecule has 0 aliphatic rings. The van der Waals surface area contributed by atoms with Gasteiger partial charge in [-0.1, -0.05) is 6.92 Å². The van der Waals surface area contributed by atoms with E-state index in [0.717, 1.165) is 11.3 Å². The SMILES string of the molecule is CC#CCCC(=O)c1sccc1CC. The lowest BCUT2D eigenvalue weighted by molar-refractivity contribution is 0.0987. The zero-order valence-electron chi connectivity index (χ0n) is 8.59. The van der Waals surface area contributed by atoms with Gasteiger partial charge in [-0.15, -0.1) is 23.2 Å². The zero-order chi connectivity index (χ0) is 10.4. The first-order valence-corrected chi connectivity index (χ1v) is 5.66. The van der Waals surface area contributed by atoms with Crippen molar-refractivity contribution in [3.8, 4) is 11.8 Å². The van der Waals surface area contributed by atoms with Gasteiger partial charge in [-0.25, -0.2) is 0 Å². The van der Waals surface area contributed by atoms with Crippen molar-refractivity contribution < 1.29 is 4.79 Å². The van der Waals surface area contributed by atoms with Crippen LogP contribution >= 0.6 is 11.3 Å². The largest absolute Gasteiger partial charge is 0.293 e. The molecule has 0 saturated heterocycles. The van der Waals surface area contributed by atoms with Crippen LogP contribution in [0.25, 0.3) is 0 Å². The molecule has 0 atom stereocenters. The molecule has 0 bridgehead atoms. The highest BCUT2D eigenvalue weighted by Crippen LogP contribution is 2.19. The summed E-state index contributed by atoms with van der Waals surface area (Å²) in [5.41, 5.74) is 1.17. The molecule has 1 aromatic rings. The minimum Gasteiger partial charge on any atom is -0.293 e. The highest BCUT2D eigenvalue weighted by molar-refractivity contribution is 7.12. The molecule has 0 aliphatic carbocycles. The Kier molecular flexibility index (Phi) is 4.42. The average molecular weight is 206 g/mol. The van der Waals surface area contributed by atoms with E-state index in [1.165, 1.54) is 5.56 Å². The zero-order valence-corrected chi connectivity index (χ0v) is 9.41. The van der Waals surface area contributed by atoms with Crippen molar-refractivity contribution in [3.63, 3.8) is 0 Å². The molecule has 74 valence electrons. The van der Waals surface area contributed by atoms with E-state index in [2.05, 4.69) is 18.8 Å². The number of rotatable bonds is 4. The smallest absolute Gasteiger partial charge is 0.174 e. The normalized spacial score (nSPS) is 9.29. The van der Waals surface area contributed by atoms with E-state index in [4.69, 9.17) is 0 Å². The van der Waals surface area contributed by atoms with Crippen LogP contribution in [0.2, 0.25) is 0 Å². The third-order valence-corrected chi connectivity index (χ3v) is 3.03. The summed E-state index contributed by atoms with van der Waals surface area (Å²) >= 11 is 1.54. The molecular weight excluding hydrogens is 192 g/mol. The summed E-state index contributed by atoms with van der Waals surface area (Å²) in [6, 6.07) is 2.03. The van der Waals surface area contributed by atoms with Crippen LogP contribution in [0.5, 0.6) is 0 Å². The molecule has 0 spiro atoms. The van der Waals surface area contributed by atoms with Crippen LogP contribution in [0.15, 0.2) is 11.4 Å². The molecule has 0 N–H and O–H groups in total. The van der Waals surface area contributed by atoms with Crippen molar-refractivity contribution in [1.29, 1.82) is 0 Å². The first kappa shape index (κ1) is 11.0. The minimum absolute atomic E-state index is 0.236. The second-order valence-corrected chi connectivity index (χ2v) is 3.89. The van der Waals surface area contributed by atoms with Gasteiger partial charge in [0, 0.05) is 12.8 Å². The van der Waals surface area contributed by atoms with Crippen LogP contribution in [0, 0.1) is 11.8 Å². The van der Waals surface area contributed by atoms with Crippen molar-refractivity contribution in [1.82, 2.24) is 0 Å². The Bertz CT molecular complexity index is 365. The molecule has 1 aromatic heterocycles. The van der Waals surface area contributed by atoms with Crippen LogP contribution in [0.4, 0.5) is 0 Å². The van der Waals surface area contributed by atoms with Gasteiger partial charge in [0.2, 0.25) is 0 Å². The molecule has 0 saturated carbocycles. The number of hydrogen-bond donors (Lipinski definition) is 0. The van der Waals surface area contributed by atoms with Gasteiger partial charge in [-0.2, -0.15) is 0 Å². The Labute approximate surface area is 89.2 Å². The second-order valence-electron chi connectivity index (χ2n) is 2.98. The van der Waals surface area contributed by atoms with Gasteiger partial charge in [-0.3, -0.25) is 4.79 Å². The van der Waals surface area contributed by atoms with Gasteiger partial charge < -0.3 is 0 Å². The number of carbonyl (C=O) groups is 1. The van der Waals surface area contributed by atoms with E-state index in [1.54, 1.807) is 18.3 Å². The van der Waals surface area contributed by atoms with Crippen LogP contribution in [0.1, 0.15) is 41.9 Å². The maximum atomic E-state index is 11.7. The van der Waals surface area contributed by atoms with Crippen LogP contribution < -0.4 is 0 Å². The second kappa shape index (κ2) is 5.62. The van der Waals surface area contributed by atoms with Crippen molar-refractivity contribution in [2.75, 3.05) is 0 Å². The maximum absolute atomic E-state index is 11.7. The molecule has 0 aliphatic heterocycles. The van der Waals surface area contributed by atoms with Gasteiger partial charge in [0.25, 0.3) is 0 Å². The molecule has 1 heterocycles. The standard InChI is InChI=1S/C12H14OS/c1-3-5-6-7-11(13)12-10(4-2)8-9-14-12/h8-9H,4,6-7H2,1-2H3. The maximum Gasteiger partial charge on any atom is 0.174 e. The third kappa shape index (κ3) is 2.71. The number of Topliss-reactive ketones (excluding diaryl/α,β-unsaturated/α-hetero) is 1. The van der Waals surface area contributed by atoms with Gasteiger partial charge >= 0.3 is 0 Å². The Hall–Kier alpha value is -1.07. The topological polar surface area (TPSA) is 17.1 Å². The molecule has 14 heavy (non-hydrogen) atoms. The van der Waals surface area contributed by atoms with Crippen molar-refractivity contribution in [2.45, 2.75) is 33.1 Å². The van der Waals surface area contributed by atoms with Gasteiger partial charge in [-0.05, 0) is 30.4 Å². The van der Waals surface area contributed by atoms with Crippen LogP contribution in [0.3, 0.4) is 0 Å². The fourth-order valence-corrected chi connectivity index (χ4v) is 2.24. The van der Waals surface area contributed by atoms with E-state index >= 15 is 0 Å². The monoisotopic (exact) mass is 206 g/mol. The van der Waals surface area contributed by atoms with Crippen molar-refractivity contribution in [2.24, 2.45) is 0 Å². The highest BCUT2D eigenvalue weighted by Gasteiger charge is 2.10. The number of aryl methyl sites for hydroxylation is 1. The predicted molar refractivity (Wildman–Crippen MR) is 60.7 cm³/mol. The lowest BCUT2D eigenvalue weighted by Gasteiger charge is -1.97. The van der Waals surface area contributed by atoms with Crippen molar-refractivity contribution >= 4 is 17.1 Å². The lowest BCUT2D eigenvalue weighted by atomic mass is 10.1. The average Bonchev–Trinajstić information content (AvgIpc) is 2.65. The quantitative estimate of drug-likeness (QED) is 0.545. The molecule has 1 nitrogen and oxygen atoms in total. The fourth-order valence-electron chi connectivity index (χ4n) is 1.27. The highest BCUT2D eigenvalue weighted by atomic mass is 32.1. The van der Waals surface area contributed by atoms with Crippen molar-refractivity contribution in [3.05, 3.63) is 21.9 Å². The van der Waals surface area contributed by atoms with E-state index in [-0.39, 0.29) is 5.78 Å². The molecule has 0 amide bonds. The summed E-state index contributed by atoms with van der Waals surface area (Å²) in [7, 11) is 0. The fraction of sp³-hybridized carbons (Fsp3) is 0.417. The van der Waals surface area contributed by atoms with E-state index in [0.29, 0.717) is 12.8 Å². The molecule has 0 fully saturated rings. The molecular formula is C12H14OS. The summed E-state index contributed by atoms with van der Waals surface area (Å²) in [6.45, 7) is 3.87. The summed E-state index contributed by atoms with van der Waals surface area (Å²) < 4.78 is 0. The summed E-state index contributed by atoms with van der Waals surface area (Å²) in [6.07, 6.45) is 2.16. The molecule has 2 heteroatoms. The first-order valence-electron chi connectivity index (χ1n) is 4.78. The van der Waals surface area contributed by atoms with Crippen LogP contribution in [-0.2, 0) is 6.42 Å². The number of thiophene rings is 1. The number of hydrogen-bond acceptors (Lipinski definition) is 2. The Morgan fingerprint density at radius 1 is 1.57 bits per heavy atom. The molecule has 1 rings (SSSR count). The molecule has 0 aromatic carbocycles. The minimum atomic E-state index is 0.236. The Morgan fingerprint density at radius 3 is 3.00 bits per heavy atom. The van der Waals surface area contributed by atoms with Crippen LogP contribution in [-0.4, -0.2) is 5.78 Å². The third-order valence-electron chi connectivity index (χ3n) is 2.03. The summed E-state index contributed by atoms with van der Waals surface area (Å²) in [5, 5.41) is 1.98. The Morgan fingerprint density at radius 2 is 2.36 bits per heavy atom. The first-order chi connectivity index (χ1) is 6.79. The van der Waals surface area contributed by atoms with E-state index in [1.807, 2.05) is 11.4 Å². The van der Waals surface area contributed by atoms with Gasteiger partial charge in [0.15, 0.2) is 5.78 Å². The molecule has 0 radical (unpaired) electrons. The van der Waals surface area contributed by atoms with E-state index < -0.39 is 0 Å². The molecule has 0 unspecified atom stereocenters. The summed E-state index contributed by atoms with van der Waals surface area (Å²) in [5.74, 6) is 5.95. The predicted octanol–water partition coefficient (Wildman–Crippen LogP) is 3.30. The summed E-state index contributed by atoms with van der Waals surface area (Å²) in [4.78, 5) is 12.6. The lowest BCUT2D eigenvalue weighted by Crippen LogP contribution is -1.98. The number of carbonyl (C=O) groups excluding carboxylic acids is 1.